The molecule has 0 spiro atoms. The Balaban J connectivity index is 1.38. The van der Waals surface area contributed by atoms with Crippen LogP contribution in [0.4, 0.5) is 0 Å². The van der Waals surface area contributed by atoms with E-state index >= 15 is 0 Å². The quantitative estimate of drug-likeness (QED) is 0.641. The second-order valence-electron chi connectivity index (χ2n) is 8.47. The van der Waals surface area contributed by atoms with E-state index in [4.69, 9.17) is 0 Å². The van der Waals surface area contributed by atoms with Crippen LogP contribution in [-0.4, -0.2) is 43.4 Å². The van der Waals surface area contributed by atoms with E-state index in [2.05, 4.69) is 21.4 Å². The first-order chi connectivity index (χ1) is 14.8. The molecule has 1 saturated heterocycles. The second-order valence-corrected chi connectivity index (χ2v) is 10.2. The van der Waals surface area contributed by atoms with Crippen LogP contribution in [0.5, 0.6) is 0 Å². The molecule has 2 heterocycles. The third kappa shape index (κ3) is 4.83. The predicted molar refractivity (Wildman–Crippen MR) is 122 cm³/mol. The molecule has 4 rings (SSSR count). The Morgan fingerprint density at radius 2 is 1.87 bits per heavy atom. The van der Waals surface area contributed by atoms with Crippen LogP contribution in [0.25, 0.3) is 10.9 Å². The van der Waals surface area contributed by atoms with Gasteiger partial charge in [-0.05, 0) is 49.4 Å². The van der Waals surface area contributed by atoms with Gasteiger partial charge < -0.3 is 9.47 Å². The minimum absolute atomic E-state index is 0.0995. The normalized spacial score (nSPS) is 17.2. The molecule has 0 saturated carbocycles. The first-order valence-electron chi connectivity index (χ1n) is 10.7. The fourth-order valence-electron chi connectivity index (χ4n) is 4.33. The maximum Gasteiger partial charge on any atom is 0.240 e. The molecule has 1 aliphatic heterocycles. The van der Waals surface area contributed by atoms with E-state index in [9.17, 15) is 13.2 Å². The van der Waals surface area contributed by atoms with Crippen molar-refractivity contribution in [2.24, 2.45) is 13.0 Å². The Morgan fingerprint density at radius 3 is 2.65 bits per heavy atom. The van der Waals surface area contributed by atoms with Gasteiger partial charge >= 0.3 is 0 Å². The molecule has 2 aromatic carbocycles. The van der Waals surface area contributed by atoms with Gasteiger partial charge in [-0.2, -0.15) is 0 Å². The molecular formula is C24H29N3O3S. The van der Waals surface area contributed by atoms with Gasteiger partial charge in [0.15, 0.2) is 0 Å². The van der Waals surface area contributed by atoms with E-state index in [1.54, 1.807) is 24.3 Å². The molecule has 3 aromatic rings. The third-order valence-corrected chi connectivity index (χ3v) is 7.53. The van der Waals surface area contributed by atoms with Gasteiger partial charge in [0.05, 0.1) is 11.3 Å². The number of nitrogens with one attached hydrogen (secondary N) is 1. The van der Waals surface area contributed by atoms with Crippen molar-refractivity contribution in [1.82, 2.24) is 14.2 Å². The monoisotopic (exact) mass is 439 g/mol. The molecule has 1 unspecified atom stereocenters. The highest BCUT2D eigenvalue weighted by atomic mass is 32.2. The van der Waals surface area contributed by atoms with Crippen LogP contribution < -0.4 is 4.72 Å². The van der Waals surface area contributed by atoms with Crippen molar-refractivity contribution in [2.45, 2.75) is 31.1 Å². The zero-order valence-corrected chi connectivity index (χ0v) is 18.9. The highest BCUT2D eigenvalue weighted by Crippen LogP contribution is 2.23. The fourth-order valence-corrected chi connectivity index (χ4v) is 5.44. The number of para-hydroxylation sites is 1. The van der Waals surface area contributed by atoms with Crippen LogP contribution in [0.1, 0.15) is 24.0 Å². The van der Waals surface area contributed by atoms with Crippen LogP contribution in [0.3, 0.4) is 0 Å². The average Bonchev–Trinajstić information content (AvgIpc) is 3.08. The predicted octanol–water partition coefficient (Wildman–Crippen LogP) is 3.25. The number of likely N-dealkylation sites (tertiary alicyclic amines) is 1. The van der Waals surface area contributed by atoms with Crippen LogP contribution in [0.15, 0.2) is 59.6 Å². The lowest BCUT2D eigenvalue weighted by Gasteiger charge is -2.33. The number of amides is 1. The number of hydrogen-bond acceptors (Lipinski definition) is 3. The lowest BCUT2D eigenvalue weighted by molar-refractivity contribution is -0.132. The SMILES string of the molecule is Cc1ccc(S(=O)(=O)NCC2CCCN(C(=O)Cc3cn(C)c4ccccc34)C2)cc1. The summed E-state index contributed by atoms with van der Waals surface area (Å²) in [6, 6.07) is 14.9. The molecule has 1 aromatic heterocycles. The Hall–Kier alpha value is -2.64. The van der Waals surface area contributed by atoms with E-state index < -0.39 is 10.0 Å². The summed E-state index contributed by atoms with van der Waals surface area (Å²) in [6.45, 7) is 3.58. The number of hydrogen-bond donors (Lipinski definition) is 1. The van der Waals surface area contributed by atoms with Gasteiger partial charge in [0.25, 0.3) is 0 Å². The minimum Gasteiger partial charge on any atom is -0.350 e. The van der Waals surface area contributed by atoms with E-state index in [1.165, 1.54) is 0 Å². The number of fused-ring (bicyclic) bond motifs is 1. The molecule has 1 N–H and O–H groups in total. The van der Waals surface area contributed by atoms with Crippen molar-refractivity contribution in [3.05, 3.63) is 65.9 Å². The maximum absolute atomic E-state index is 13.0. The highest BCUT2D eigenvalue weighted by Gasteiger charge is 2.26. The van der Waals surface area contributed by atoms with Crippen molar-refractivity contribution in [3.8, 4) is 0 Å². The van der Waals surface area contributed by atoms with Crippen LogP contribution >= 0.6 is 0 Å². The van der Waals surface area contributed by atoms with Gasteiger partial charge in [0.2, 0.25) is 15.9 Å². The molecule has 0 bridgehead atoms. The molecule has 1 amide bonds. The lowest BCUT2D eigenvalue weighted by Crippen LogP contribution is -2.44. The standard InChI is InChI=1S/C24H29N3O3S/c1-18-9-11-21(12-10-18)31(29,30)25-15-19-6-5-13-27(16-19)24(28)14-20-17-26(2)23-8-4-3-7-22(20)23/h3-4,7-12,17,19,25H,5-6,13-16H2,1-2H3. The van der Waals surface area contributed by atoms with E-state index in [0.29, 0.717) is 19.5 Å². The van der Waals surface area contributed by atoms with Gasteiger partial charge in [-0.1, -0.05) is 35.9 Å². The molecular weight excluding hydrogens is 410 g/mol. The van der Waals surface area contributed by atoms with Crippen LogP contribution in [-0.2, 0) is 28.3 Å². The van der Waals surface area contributed by atoms with E-state index in [0.717, 1.165) is 41.4 Å². The third-order valence-electron chi connectivity index (χ3n) is 6.09. The first-order valence-corrected chi connectivity index (χ1v) is 12.2. The average molecular weight is 440 g/mol. The molecule has 164 valence electrons. The van der Waals surface area contributed by atoms with Crippen molar-refractivity contribution in [3.63, 3.8) is 0 Å². The summed E-state index contributed by atoms with van der Waals surface area (Å²) < 4.78 is 29.9. The van der Waals surface area contributed by atoms with Crippen LogP contribution in [0, 0.1) is 12.8 Å². The largest absolute Gasteiger partial charge is 0.350 e. The smallest absolute Gasteiger partial charge is 0.240 e. The zero-order valence-electron chi connectivity index (χ0n) is 18.0. The summed E-state index contributed by atoms with van der Waals surface area (Å²) in [5.74, 6) is 0.216. The molecule has 7 heteroatoms. The molecule has 1 aliphatic rings. The Kier molecular flexibility index (Phi) is 6.16. The summed E-state index contributed by atoms with van der Waals surface area (Å²) in [4.78, 5) is 15.2. The number of carbonyl (C=O) groups excluding carboxylic acids is 1. The lowest BCUT2D eigenvalue weighted by atomic mass is 9.97. The highest BCUT2D eigenvalue weighted by molar-refractivity contribution is 7.89. The Labute approximate surface area is 183 Å². The number of aromatic nitrogens is 1. The number of sulfonamides is 1. The van der Waals surface area contributed by atoms with E-state index in [-0.39, 0.29) is 16.7 Å². The number of aryl methyl sites for hydroxylation is 2. The Bertz CT molecular complexity index is 1180. The summed E-state index contributed by atoms with van der Waals surface area (Å²) in [7, 11) is -1.55. The van der Waals surface area contributed by atoms with Gasteiger partial charge in [-0.3, -0.25) is 4.79 Å². The maximum atomic E-state index is 13.0. The van der Waals surface area contributed by atoms with Crippen molar-refractivity contribution in [1.29, 1.82) is 0 Å². The minimum atomic E-state index is -3.54. The number of piperidine rings is 1. The Morgan fingerprint density at radius 1 is 1.13 bits per heavy atom. The van der Waals surface area contributed by atoms with Crippen molar-refractivity contribution in [2.75, 3.05) is 19.6 Å². The fraction of sp³-hybridized carbons (Fsp3) is 0.375. The molecule has 6 nitrogen and oxygen atoms in total. The molecule has 31 heavy (non-hydrogen) atoms. The van der Waals surface area contributed by atoms with Gasteiger partial charge in [-0.25, -0.2) is 13.1 Å². The zero-order chi connectivity index (χ0) is 22.0. The van der Waals surface area contributed by atoms with Gasteiger partial charge in [-0.15, -0.1) is 0 Å². The number of rotatable bonds is 6. The number of nitrogens with zero attached hydrogens (tertiary/aromatic N) is 2. The summed E-state index contributed by atoms with van der Waals surface area (Å²) in [5, 5.41) is 1.11. The number of carbonyl (C=O) groups is 1. The molecule has 0 aliphatic carbocycles. The van der Waals surface area contributed by atoms with Gasteiger partial charge in [0, 0.05) is 43.8 Å². The molecule has 1 atom stereocenters. The van der Waals surface area contributed by atoms with Crippen LogP contribution in [0.2, 0.25) is 0 Å². The number of benzene rings is 2. The van der Waals surface area contributed by atoms with Crippen molar-refractivity contribution >= 4 is 26.8 Å². The van der Waals surface area contributed by atoms with E-state index in [1.807, 2.05) is 37.2 Å². The first kappa shape index (κ1) is 21.6. The molecule has 1 fully saturated rings. The summed E-state index contributed by atoms with van der Waals surface area (Å²) in [6.07, 6.45) is 4.19. The van der Waals surface area contributed by atoms with Gasteiger partial charge in [0.1, 0.15) is 0 Å². The topological polar surface area (TPSA) is 71.4 Å². The molecule has 0 radical (unpaired) electrons. The van der Waals surface area contributed by atoms with Crippen molar-refractivity contribution < 1.29 is 13.2 Å². The summed E-state index contributed by atoms with van der Waals surface area (Å²) in [5.41, 5.74) is 3.17. The summed E-state index contributed by atoms with van der Waals surface area (Å²) >= 11 is 0. The second kappa shape index (κ2) is 8.85.